The molecule has 0 fully saturated rings. The average molecular weight is 298 g/mol. The van der Waals surface area contributed by atoms with Gasteiger partial charge in [0.25, 0.3) is 0 Å². The van der Waals surface area contributed by atoms with E-state index in [1.54, 1.807) is 19.2 Å². The van der Waals surface area contributed by atoms with E-state index < -0.39 is 5.91 Å². The minimum absolute atomic E-state index is 0.353. The molecular formula is C16H12ClN3O. The van der Waals surface area contributed by atoms with Crippen LogP contribution in [0.3, 0.4) is 0 Å². The lowest BCUT2D eigenvalue weighted by molar-refractivity contribution is 0.0999. The summed E-state index contributed by atoms with van der Waals surface area (Å²) < 4.78 is 0. The lowest BCUT2D eigenvalue weighted by Crippen LogP contribution is -2.13. The van der Waals surface area contributed by atoms with E-state index in [4.69, 9.17) is 17.3 Å². The van der Waals surface area contributed by atoms with Gasteiger partial charge in [0.2, 0.25) is 5.91 Å². The number of hydrogen-bond donors (Lipinski definition) is 1. The fraction of sp³-hybridized carbons (Fsp3) is 0.0625. The van der Waals surface area contributed by atoms with Gasteiger partial charge in [0.15, 0.2) is 0 Å². The maximum Gasteiger partial charge on any atom is 0.249 e. The number of aromatic nitrogens is 2. The first kappa shape index (κ1) is 13.5. The SMILES string of the molecule is Cc1c(C(N)=O)ccnc1-c1cc2ccccc2nc1Cl. The van der Waals surface area contributed by atoms with Crippen LogP contribution in [0.2, 0.25) is 5.15 Å². The van der Waals surface area contributed by atoms with E-state index in [1.165, 1.54) is 0 Å². The quantitative estimate of drug-likeness (QED) is 0.737. The van der Waals surface area contributed by atoms with Crippen molar-refractivity contribution in [2.45, 2.75) is 6.92 Å². The van der Waals surface area contributed by atoms with Gasteiger partial charge in [-0.1, -0.05) is 29.8 Å². The largest absolute Gasteiger partial charge is 0.366 e. The van der Waals surface area contributed by atoms with Gasteiger partial charge in [-0.2, -0.15) is 0 Å². The lowest BCUT2D eigenvalue weighted by atomic mass is 10.0. The van der Waals surface area contributed by atoms with E-state index in [0.29, 0.717) is 27.5 Å². The Bertz CT molecular complexity index is 861. The summed E-state index contributed by atoms with van der Waals surface area (Å²) >= 11 is 6.27. The highest BCUT2D eigenvalue weighted by Crippen LogP contribution is 2.31. The molecule has 2 aromatic heterocycles. The first-order valence-electron chi connectivity index (χ1n) is 6.39. The van der Waals surface area contributed by atoms with Crippen molar-refractivity contribution in [1.82, 2.24) is 9.97 Å². The molecule has 0 unspecified atom stereocenters. The molecule has 3 aromatic rings. The first-order chi connectivity index (χ1) is 10.1. The van der Waals surface area contributed by atoms with Crippen LogP contribution in [0.5, 0.6) is 0 Å². The van der Waals surface area contributed by atoms with E-state index in [0.717, 1.165) is 10.9 Å². The normalized spacial score (nSPS) is 10.8. The van der Waals surface area contributed by atoms with Crippen molar-refractivity contribution in [3.63, 3.8) is 0 Å². The van der Waals surface area contributed by atoms with Crippen molar-refractivity contribution in [2.24, 2.45) is 5.73 Å². The summed E-state index contributed by atoms with van der Waals surface area (Å²) in [5.74, 6) is -0.485. The summed E-state index contributed by atoms with van der Waals surface area (Å²) in [6.45, 7) is 1.80. The van der Waals surface area contributed by atoms with E-state index >= 15 is 0 Å². The maximum absolute atomic E-state index is 11.4. The Morgan fingerprint density at radius 3 is 2.76 bits per heavy atom. The second kappa shape index (κ2) is 5.14. The minimum Gasteiger partial charge on any atom is -0.366 e. The molecule has 0 radical (unpaired) electrons. The molecule has 0 aliphatic rings. The minimum atomic E-state index is -0.485. The van der Waals surface area contributed by atoms with E-state index in [2.05, 4.69) is 9.97 Å². The number of carbonyl (C=O) groups is 1. The Morgan fingerprint density at radius 1 is 1.24 bits per heavy atom. The molecule has 2 N–H and O–H groups in total. The van der Waals surface area contributed by atoms with Crippen molar-refractivity contribution >= 4 is 28.4 Å². The molecule has 104 valence electrons. The van der Waals surface area contributed by atoms with Crippen LogP contribution >= 0.6 is 11.6 Å². The molecule has 0 spiro atoms. The van der Waals surface area contributed by atoms with Crippen LogP contribution in [-0.4, -0.2) is 15.9 Å². The summed E-state index contributed by atoms with van der Waals surface area (Å²) in [5, 5.41) is 1.31. The van der Waals surface area contributed by atoms with E-state index in [1.807, 2.05) is 30.3 Å². The number of nitrogens with zero attached hydrogens (tertiary/aromatic N) is 2. The molecule has 21 heavy (non-hydrogen) atoms. The zero-order chi connectivity index (χ0) is 15.0. The monoisotopic (exact) mass is 297 g/mol. The number of para-hydroxylation sites is 1. The number of halogens is 1. The molecule has 0 saturated heterocycles. The molecule has 0 atom stereocenters. The van der Waals surface area contributed by atoms with E-state index in [-0.39, 0.29) is 0 Å². The topological polar surface area (TPSA) is 68.9 Å². The third-order valence-corrected chi connectivity index (χ3v) is 3.69. The molecule has 1 aromatic carbocycles. The van der Waals surface area contributed by atoms with Crippen molar-refractivity contribution in [3.05, 3.63) is 58.9 Å². The summed E-state index contributed by atoms with van der Waals surface area (Å²) in [7, 11) is 0. The Hall–Kier alpha value is -2.46. The number of fused-ring (bicyclic) bond motifs is 1. The summed E-state index contributed by atoms with van der Waals surface area (Å²) in [4.78, 5) is 20.2. The van der Waals surface area contributed by atoms with Gasteiger partial charge < -0.3 is 5.73 Å². The number of amides is 1. The van der Waals surface area contributed by atoms with Crippen LogP contribution in [0.4, 0.5) is 0 Å². The Kier molecular flexibility index (Phi) is 3.31. The van der Waals surface area contributed by atoms with Gasteiger partial charge in [-0.25, -0.2) is 4.98 Å². The van der Waals surface area contributed by atoms with Crippen molar-refractivity contribution < 1.29 is 4.79 Å². The van der Waals surface area contributed by atoms with Crippen LogP contribution in [0, 0.1) is 6.92 Å². The number of hydrogen-bond acceptors (Lipinski definition) is 3. The molecule has 0 aliphatic carbocycles. The van der Waals surface area contributed by atoms with Crippen molar-refractivity contribution in [1.29, 1.82) is 0 Å². The standard InChI is InChI=1S/C16H12ClN3O/c1-9-11(16(18)21)6-7-19-14(9)12-8-10-4-2-3-5-13(10)20-15(12)17/h2-8H,1H3,(H2,18,21). The highest BCUT2D eigenvalue weighted by atomic mass is 35.5. The van der Waals surface area contributed by atoms with Gasteiger partial charge in [-0.05, 0) is 30.7 Å². The summed E-state index contributed by atoms with van der Waals surface area (Å²) in [5.41, 5.74) is 8.63. The fourth-order valence-corrected chi connectivity index (χ4v) is 2.57. The Morgan fingerprint density at radius 2 is 2.00 bits per heavy atom. The van der Waals surface area contributed by atoms with Crippen LogP contribution in [0.25, 0.3) is 22.2 Å². The van der Waals surface area contributed by atoms with Crippen LogP contribution in [0.1, 0.15) is 15.9 Å². The molecule has 4 nitrogen and oxygen atoms in total. The summed E-state index contributed by atoms with van der Waals surface area (Å²) in [6.07, 6.45) is 1.55. The van der Waals surface area contributed by atoms with Gasteiger partial charge >= 0.3 is 0 Å². The molecular weight excluding hydrogens is 286 g/mol. The predicted molar refractivity (Wildman–Crippen MR) is 83.2 cm³/mol. The molecule has 0 bridgehead atoms. The number of nitrogens with two attached hydrogens (primary N) is 1. The van der Waals surface area contributed by atoms with Gasteiger partial charge in [0.1, 0.15) is 5.15 Å². The number of carbonyl (C=O) groups excluding carboxylic acids is 1. The van der Waals surface area contributed by atoms with Crippen LogP contribution in [0.15, 0.2) is 42.6 Å². The maximum atomic E-state index is 11.4. The third kappa shape index (κ3) is 2.34. The van der Waals surface area contributed by atoms with Gasteiger partial charge in [0.05, 0.1) is 11.2 Å². The smallest absolute Gasteiger partial charge is 0.249 e. The number of pyridine rings is 2. The average Bonchev–Trinajstić information content (AvgIpc) is 2.47. The molecule has 5 heteroatoms. The zero-order valence-corrected chi connectivity index (χ0v) is 12.1. The highest BCUT2D eigenvalue weighted by molar-refractivity contribution is 6.32. The van der Waals surface area contributed by atoms with E-state index in [9.17, 15) is 4.79 Å². The lowest BCUT2D eigenvalue weighted by Gasteiger charge is -2.10. The second-order valence-electron chi connectivity index (χ2n) is 4.72. The van der Waals surface area contributed by atoms with Gasteiger partial charge in [0, 0.05) is 22.7 Å². The Labute approximate surface area is 126 Å². The predicted octanol–water partition coefficient (Wildman–Crippen LogP) is 3.36. The third-order valence-electron chi connectivity index (χ3n) is 3.40. The molecule has 1 amide bonds. The van der Waals surface area contributed by atoms with Crippen molar-refractivity contribution in [2.75, 3.05) is 0 Å². The molecule has 2 heterocycles. The molecule has 3 rings (SSSR count). The first-order valence-corrected chi connectivity index (χ1v) is 6.77. The molecule has 0 aliphatic heterocycles. The number of primary amides is 1. The molecule has 0 saturated carbocycles. The Balaban J connectivity index is 2.28. The number of rotatable bonds is 2. The van der Waals surface area contributed by atoms with Crippen LogP contribution in [-0.2, 0) is 0 Å². The van der Waals surface area contributed by atoms with Crippen LogP contribution < -0.4 is 5.73 Å². The van der Waals surface area contributed by atoms with Gasteiger partial charge in [-0.3, -0.25) is 9.78 Å². The van der Waals surface area contributed by atoms with Crippen molar-refractivity contribution in [3.8, 4) is 11.3 Å². The van der Waals surface area contributed by atoms with Gasteiger partial charge in [-0.15, -0.1) is 0 Å². The fourth-order valence-electron chi connectivity index (χ4n) is 2.33. The summed E-state index contributed by atoms with van der Waals surface area (Å²) in [6, 6.07) is 11.2. The highest BCUT2D eigenvalue weighted by Gasteiger charge is 2.15. The number of benzene rings is 1. The second-order valence-corrected chi connectivity index (χ2v) is 5.07. The zero-order valence-electron chi connectivity index (χ0n) is 11.3.